The predicted octanol–water partition coefficient (Wildman–Crippen LogP) is 4.36. The lowest BCUT2D eigenvalue weighted by Crippen LogP contribution is -2.43. The zero-order chi connectivity index (χ0) is 17.3. The molecule has 0 aromatic heterocycles. The fraction of sp³-hybridized carbons (Fsp3) is 0.381. The van der Waals surface area contributed by atoms with E-state index in [-0.39, 0.29) is 5.91 Å². The van der Waals surface area contributed by atoms with Gasteiger partial charge in [-0.25, -0.2) is 0 Å². The van der Waals surface area contributed by atoms with Crippen LogP contribution in [0.4, 0.5) is 5.69 Å². The predicted molar refractivity (Wildman–Crippen MR) is 97.9 cm³/mol. The molecule has 1 heterocycles. The largest absolute Gasteiger partial charge is 0.481 e. The van der Waals surface area contributed by atoms with E-state index in [1.807, 2.05) is 49.9 Å². The van der Waals surface area contributed by atoms with E-state index in [0.717, 1.165) is 42.0 Å². The van der Waals surface area contributed by atoms with Crippen LogP contribution in [-0.2, 0) is 11.2 Å². The molecule has 0 saturated heterocycles. The number of carbonyl (C=O) groups excluding carboxylic acids is 1. The number of nitrogens with zero attached hydrogens (tertiary/aromatic N) is 1. The van der Waals surface area contributed by atoms with Crippen molar-refractivity contribution in [1.29, 1.82) is 0 Å². The number of amides is 1. The molecule has 0 saturated carbocycles. The highest BCUT2D eigenvalue weighted by atomic mass is 16.5. The number of benzene rings is 2. The van der Waals surface area contributed by atoms with Gasteiger partial charge in [0, 0.05) is 12.2 Å². The van der Waals surface area contributed by atoms with E-state index in [0.29, 0.717) is 0 Å². The number of anilines is 1. The van der Waals surface area contributed by atoms with E-state index in [2.05, 4.69) is 19.1 Å². The van der Waals surface area contributed by atoms with Crippen molar-refractivity contribution in [3.8, 4) is 5.75 Å². The molecule has 0 spiro atoms. The van der Waals surface area contributed by atoms with Gasteiger partial charge in [-0.05, 0) is 74.9 Å². The van der Waals surface area contributed by atoms with Crippen molar-refractivity contribution in [2.24, 2.45) is 0 Å². The summed E-state index contributed by atoms with van der Waals surface area (Å²) in [6.07, 6.45) is 1.53. The summed E-state index contributed by atoms with van der Waals surface area (Å²) in [4.78, 5) is 14.8. The molecule has 0 bridgehead atoms. The van der Waals surface area contributed by atoms with Crippen molar-refractivity contribution >= 4 is 11.6 Å². The number of fused-ring (bicyclic) bond motifs is 1. The maximum Gasteiger partial charge on any atom is 0.267 e. The van der Waals surface area contributed by atoms with Crippen LogP contribution in [0.3, 0.4) is 0 Å². The van der Waals surface area contributed by atoms with Gasteiger partial charge in [-0.3, -0.25) is 4.79 Å². The Labute approximate surface area is 144 Å². The first-order valence-electron chi connectivity index (χ1n) is 8.61. The quantitative estimate of drug-likeness (QED) is 0.840. The van der Waals surface area contributed by atoms with Crippen LogP contribution in [0.25, 0.3) is 0 Å². The maximum atomic E-state index is 12.9. The topological polar surface area (TPSA) is 29.5 Å². The molecule has 3 heteroatoms. The van der Waals surface area contributed by atoms with Gasteiger partial charge in [-0.1, -0.05) is 24.3 Å². The van der Waals surface area contributed by atoms with E-state index in [1.54, 1.807) is 0 Å². The Morgan fingerprint density at radius 3 is 2.71 bits per heavy atom. The minimum Gasteiger partial charge on any atom is -0.481 e. The Balaban J connectivity index is 1.82. The van der Waals surface area contributed by atoms with Crippen molar-refractivity contribution in [3.63, 3.8) is 0 Å². The Kier molecular flexibility index (Phi) is 4.61. The summed E-state index contributed by atoms with van der Waals surface area (Å²) in [6.45, 7) is 8.76. The lowest BCUT2D eigenvalue weighted by Gasteiger charge is -2.31. The lowest BCUT2D eigenvalue weighted by molar-refractivity contribution is -0.124. The molecule has 1 unspecified atom stereocenters. The summed E-state index contributed by atoms with van der Waals surface area (Å²) < 4.78 is 6.05. The number of hydrogen-bond donors (Lipinski definition) is 0. The molecule has 126 valence electrons. The number of aryl methyl sites for hydroxylation is 3. The zero-order valence-electron chi connectivity index (χ0n) is 14.9. The van der Waals surface area contributed by atoms with E-state index in [4.69, 9.17) is 4.74 Å². The maximum absolute atomic E-state index is 12.9. The van der Waals surface area contributed by atoms with Gasteiger partial charge in [0.05, 0.1) is 0 Å². The van der Waals surface area contributed by atoms with Crippen molar-refractivity contribution < 1.29 is 9.53 Å². The molecular formula is C21H25NO2. The summed E-state index contributed by atoms with van der Waals surface area (Å²) in [5.41, 5.74) is 5.71. The van der Waals surface area contributed by atoms with Gasteiger partial charge in [0.15, 0.2) is 6.10 Å². The number of rotatable bonds is 3. The highest BCUT2D eigenvalue weighted by Gasteiger charge is 2.27. The monoisotopic (exact) mass is 323 g/mol. The number of para-hydroxylation sites is 1. The number of carbonyl (C=O) groups is 1. The second kappa shape index (κ2) is 6.68. The third kappa shape index (κ3) is 3.16. The van der Waals surface area contributed by atoms with Crippen LogP contribution in [0.2, 0.25) is 0 Å². The van der Waals surface area contributed by atoms with Crippen LogP contribution in [0.15, 0.2) is 36.4 Å². The highest BCUT2D eigenvalue weighted by molar-refractivity contribution is 5.97. The average Bonchev–Trinajstić information content (AvgIpc) is 2.58. The van der Waals surface area contributed by atoms with Crippen LogP contribution >= 0.6 is 0 Å². The average molecular weight is 323 g/mol. The molecule has 24 heavy (non-hydrogen) atoms. The molecule has 3 rings (SSSR count). The van der Waals surface area contributed by atoms with Crippen LogP contribution in [0.5, 0.6) is 5.75 Å². The van der Waals surface area contributed by atoms with Gasteiger partial charge < -0.3 is 9.64 Å². The van der Waals surface area contributed by atoms with Gasteiger partial charge >= 0.3 is 0 Å². The Hall–Kier alpha value is -2.29. The van der Waals surface area contributed by atoms with Crippen LogP contribution in [-0.4, -0.2) is 18.6 Å². The Bertz CT molecular complexity index is 766. The summed E-state index contributed by atoms with van der Waals surface area (Å²) in [6, 6.07) is 12.3. The minimum atomic E-state index is -0.504. The van der Waals surface area contributed by atoms with Gasteiger partial charge in [-0.15, -0.1) is 0 Å². The van der Waals surface area contributed by atoms with Crippen molar-refractivity contribution in [1.82, 2.24) is 0 Å². The van der Waals surface area contributed by atoms with Gasteiger partial charge in [0.2, 0.25) is 0 Å². The molecular weight excluding hydrogens is 298 g/mol. The summed E-state index contributed by atoms with van der Waals surface area (Å²) in [5, 5.41) is 0. The summed E-state index contributed by atoms with van der Waals surface area (Å²) in [5.74, 6) is 0.833. The molecule has 1 aliphatic heterocycles. The first kappa shape index (κ1) is 16.6. The minimum absolute atomic E-state index is 0.0284. The molecule has 0 N–H and O–H groups in total. The Morgan fingerprint density at radius 2 is 1.92 bits per heavy atom. The molecule has 1 amide bonds. The van der Waals surface area contributed by atoms with E-state index < -0.39 is 6.10 Å². The summed E-state index contributed by atoms with van der Waals surface area (Å²) >= 11 is 0. The van der Waals surface area contributed by atoms with Crippen molar-refractivity contribution in [2.45, 2.75) is 46.6 Å². The molecule has 3 nitrogen and oxygen atoms in total. The first-order chi connectivity index (χ1) is 11.5. The standard InChI is InChI=1S/C21H25NO2/c1-14-12-15(2)16(3)20(13-14)24-17(4)21(23)22-11-7-9-18-8-5-6-10-19(18)22/h5-6,8,10,12-13,17H,7,9,11H2,1-4H3. The fourth-order valence-corrected chi connectivity index (χ4v) is 3.35. The third-order valence-corrected chi connectivity index (χ3v) is 4.79. The molecule has 0 fully saturated rings. The SMILES string of the molecule is Cc1cc(C)c(C)c(OC(C)C(=O)N2CCCc3ccccc32)c1. The van der Waals surface area contributed by atoms with Crippen LogP contribution in [0, 0.1) is 20.8 Å². The van der Waals surface area contributed by atoms with Crippen LogP contribution in [0.1, 0.15) is 35.6 Å². The molecule has 1 atom stereocenters. The molecule has 2 aromatic rings. The number of ether oxygens (including phenoxy) is 1. The second-order valence-electron chi connectivity index (χ2n) is 6.69. The Morgan fingerprint density at radius 1 is 1.17 bits per heavy atom. The smallest absolute Gasteiger partial charge is 0.267 e. The van der Waals surface area contributed by atoms with Gasteiger partial charge in [-0.2, -0.15) is 0 Å². The molecule has 1 aliphatic rings. The first-order valence-corrected chi connectivity index (χ1v) is 8.61. The normalized spacial score (nSPS) is 14.9. The second-order valence-corrected chi connectivity index (χ2v) is 6.69. The molecule has 2 aromatic carbocycles. The van der Waals surface area contributed by atoms with Crippen LogP contribution < -0.4 is 9.64 Å². The molecule has 0 radical (unpaired) electrons. The fourth-order valence-electron chi connectivity index (χ4n) is 3.35. The van der Waals surface area contributed by atoms with E-state index in [1.165, 1.54) is 11.1 Å². The zero-order valence-corrected chi connectivity index (χ0v) is 14.9. The lowest BCUT2D eigenvalue weighted by atomic mass is 10.0. The van der Waals surface area contributed by atoms with Gasteiger partial charge in [0.1, 0.15) is 5.75 Å². The molecule has 0 aliphatic carbocycles. The van der Waals surface area contributed by atoms with E-state index in [9.17, 15) is 4.79 Å². The van der Waals surface area contributed by atoms with E-state index >= 15 is 0 Å². The number of hydrogen-bond acceptors (Lipinski definition) is 2. The van der Waals surface area contributed by atoms with Crippen molar-refractivity contribution in [2.75, 3.05) is 11.4 Å². The highest BCUT2D eigenvalue weighted by Crippen LogP contribution is 2.29. The van der Waals surface area contributed by atoms with Crippen molar-refractivity contribution in [3.05, 3.63) is 58.7 Å². The summed E-state index contributed by atoms with van der Waals surface area (Å²) in [7, 11) is 0. The third-order valence-electron chi connectivity index (χ3n) is 4.79. The van der Waals surface area contributed by atoms with Gasteiger partial charge in [0.25, 0.3) is 5.91 Å².